The maximum atomic E-state index is 13.7. The van der Waals surface area contributed by atoms with Crippen LogP contribution in [-0.4, -0.2) is 42.7 Å². The second kappa shape index (κ2) is 11.9. The number of urea groups is 1. The van der Waals surface area contributed by atoms with Gasteiger partial charge in [0.25, 0.3) is 0 Å². The molecule has 2 amide bonds. The summed E-state index contributed by atoms with van der Waals surface area (Å²) in [5, 5.41) is 0.206. The van der Waals surface area contributed by atoms with E-state index in [4.69, 9.17) is 25.6 Å². The van der Waals surface area contributed by atoms with E-state index in [9.17, 15) is 18.0 Å². The van der Waals surface area contributed by atoms with Gasteiger partial charge in [0, 0.05) is 12.7 Å². The summed E-state index contributed by atoms with van der Waals surface area (Å²) in [6.07, 6.45) is -4.75. The van der Waals surface area contributed by atoms with Crippen LogP contribution in [0.3, 0.4) is 0 Å². The first-order valence-electron chi connectivity index (χ1n) is 9.59. The van der Waals surface area contributed by atoms with Crippen molar-refractivity contribution in [2.24, 2.45) is 0 Å². The minimum atomic E-state index is -4.75. The fourth-order valence-electron chi connectivity index (χ4n) is 2.44. The van der Waals surface area contributed by atoms with Crippen LogP contribution in [0.1, 0.15) is 13.8 Å². The number of ether oxygens (including phenoxy) is 1. The number of benzene rings is 2. The molecule has 0 aromatic heterocycles. The Morgan fingerprint density at radius 3 is 2.09 bits per heavy atom. The smallest absolute Gasteiger partial charge is 0.418 e. The van der Waals surface area contributed by atoms with E-state index in [1.165, 1.54) is 12.1 Å². The summed E-state index contributed by atoms with van der Waals surface area (Å²) in [5.74, 6) is 1.15. The molecular weight excluding hydrogens is 484 g/mol. The van der Waals surface area contributed by atoms with Crippen LogP contribution in [0.5, 0.6) is 11.5 Å². The van der Waals surface area contributed by atoms with Crippen LogP contribution in [0.2, 0.25) is 0 Å². The number of halogens is 3. The molecule has 32 heavy (non-hydrogen) atoms. The van der Waals surface area contributed by atoms with Crippen molar-refractivity contribution in [3.05, 3.63) is 54.6 Å². The number of carbonyl (C=O) groups is 1. The third-order valence-electron chi connectivity index (χ3n) is 3.84. The number of nitrogens with one attached hydrogen (secondary N) is 1. The van der Waals surface area contributed by atoms with Crippen LogP contribution < -0.4 is 10.1 Å². The summed E-state index contributed by atoms with van der Waals surface area (Å²) in [6, 6.07) is 14.4. The maximum absolute atomic E-state index is 13.7. The van der Waals surface area contributed by atoms with E-state index in [0.717, 1.165) is 7.05 Å². The summed E-state index contributed by atoms with van der Waals surface area (Å²) >= 11 is 5.51. The van der Waals surface area contributed by atoms with Crippen molar-refractivity contribution < 1.29 is 31.8 Å². The molecule has 2 aromatic rings. The lowest BCUT2D eigenvalue weighted by Gasteiger charge is -2.32. The zero-order valence-electron chi connectivity index (χ0n) is 17.7. The average molecular weight is 509 g/mol. The Bertz CT molecular complexity index is 907. The molecule has 176 valence electrons. The van der Waals surface area contributed by atoms with Gasteiger partial charge in [-0.15, -0.1) is 0 Å². The van der Waals surface area contributed by atoms with Crippen molar-refractivity contribution in [2.45, 2.75) is 25.4 Å². The third-order valence-corrected chi connectivity index (χ3v) is 9.44. The first-order chi connectivity index (χ1) is 15.1. The van der Waals surface area contributed by atoms with Crippen LogP contribution in [0.25, 0.3) is 0 Å². The Balaban J connectivity index is 2.09. The molecule has 0 aliphatic heterocycles. The molecule has 0 fully saturated rings. The second-order valence-corrected chi connectivity index (χ2v) is 12.5. The summed E-state index contributed by atoms with van der Waals surface area (Å²) in [6.45, 7) is 3.43. The van der Waals surface area contributed by atoms with Gasteiger partial charge in [0.1, 0.15) is 11.5 Å². The highest BCUT2D eigenvalue weighted by atomic mass is 32.9. The molecule has 0 spiro atoms. The van der Waals surface area contributed by atoms with Gasteiger partial charge in [-0.25, -0.2) is 4.79 Å². The van der Waals surface area contributed by atoms with E-state index in [0.29, 0.717) is 33.5 Å². The van der Waals surface area contributed by atoms with Gasteiger partial charge in [-0.2, -0.15) is 13.2 Å². The molecule has 2 aromatic carbocycles. The molecule has 1 unspecified atom stereocenters. The number of para-hydroxylation sites is 1. The Morgan fingerprint density at radius 1 is 1.06 bits per heavy atom. The molecule has 0 aliphatic carbocycles. The molecular formula is C20H24F3N2O4PS2. The van der Waals surface area contributed by atoms with Crippen molar-refractivity contribution in [1.29, 1.82) is 0 Å². The standard InChI is InChI=1S/C20H24F3N2O4PS2/c1-4-27-30(31,28-5-2)32-18(20(21,22)23)25(3)19(26)24-15-11-13-17(14-12-15)29-16-9-7-6-8-10-16/h6-14,18H,4-5H2,1-3H3,(H,24,26). The Kier molecular flexibility index (Phi) is 9.84. The summed E-state index contributed by atoms with van der Waals surface area (Å²) in [5.41, 5.74) is -2.99. The topological polar surface area (TPSA) is 60.0 Å². The van der Waals surface area contributed by atoms with Gasteiger partial charge in [-0.3, -0.25) is 0 Å². The fraction of sp³-hybridized carbons (Fsp3) is 0.350. The predicted molar refractivity (Wildman–Crippen MR) is 125 cm³/mol. The third kappa shape index (κ3) is 7.97. The summed E-state index contributed by atoms with van der Waals surface area (Å²) in [4.78, 5) is 13.1. The number of rotatable bonds is 10. The van der Waals surface area contributed by atoms with E-state index in [1.54, 1.807) is 38.1 Å². The number of nitrogens with zero attached hydrogens (tertiary/aromatic N) is 1. The number of hydrogen-bond donors (Lipinski definition) is 1. The SMILES string of the molecule is CCOP(=S)(OCC)SC(N(C)C(=O)Nc1ccc(Oc2ccccc2)cc1)C(F)(F)F. The van der Waals surface area contributed by atoms with Crippen molar-refractivity contribution in [2.75, 3.05) is 25.6 Å². The summed E-state index contributed by atoms with van der Waals surface area (Å²) < 4.78 is 57.5. The molecule has 12 heteroatoms. The van der Waals surface area contributed by atoms with Crippen LogP contribution in [-0.2, 0) is 20.9 Å². The van der Waals surface area contributed by atoms with E-state index < -0.39 is 23.3 Å². The first kappa shape index (κ1) is 26.5. The van der Waals surface area contributed by atoms with Gasteiger partial charge in [-0.05, 0) is 73.4 Å². The predicted octanol–water partition coefficient (Wildman–Crippen LogP) is 6.86. The number of amides is 2. The largest absolute Gasteiger partial charge is 0.457 e. The molecule has 1 N–H and O–H groups in total. The van der Waals surface area contributed by atoms with Crippen molar-refractivity contribution in [1.82, 2.24) is 4.90 Å². The second-order valence-electron chi connectivity index (χ2n) is 6.26. The Morgan fingerprint density at radius 2 is 1.59 bits per heavy atom. The minimum Gasteiger partial charge on any atom is -0.457 e. The van der Waals surface area contributed by atoms with Crippen LogP contribution in [0.15, 0.2) is 54.6 Å². The lowest BCUT2D eigenvalue weighted by Crippen LogP contribution is -2.46. The van der Waals surface area contributed by atoms with E-state index in [2.05, 4.69) is 5.32 Å². The lowest BCUT2D eigenvalue weighted by atomic mass is 10.3. The van der Waals surface area contributed by atoms with Crippen LogP contribution in [0.4, 0.5) is 23.7 Å². The highest BCUT2D eigenvalue weighted by molar-refractivity contribution is 8.68. The lowest BCUT2D eigenvalue weighted by molar-refractivity contribution is -0.148. The van der Waals surface area contributed by atoms with Gasteiger partial charge < -0.3 is 24.0 Å². The normalized spacial score (nSPS) is 12.8. The van der Waals surface area contributed by atoms with Crippen LogP contribution in [0, 0.1) is 0 Å². The zero-order valence-corrected chi connectivity index (χ0v) is 20.2. The zero-order chi connectivity index (χ0) is 23.8. The van der Waals surface area contributed by atoms with Gasteiger partial charge >= 0.3 is 12.2 Å². The van der Waals surface area contributed by atoms with E-state index in [1.807, 2.05) is 18.2 Å². The molecule has 0 bridgehead atoms. The molecule has 0 saturated carbocycles. The van der Waals surface area contributed by atoms with Gasteiger partial charge in [0.2, 0.25) is 5.69 Å². The Hall–Kier alpha value is -1.78. The van der Waals surface area contributed by atoms with E-state index >= 15 is 0 Å². The maximum Gasteiger partial charge on any atom is 0.418 e. The van der Waals surface area contributed by atoms with Crippen LogP contribution >= 0.6 is 17.1 Å². The van der Waals surface area contributed by atoms with E-state index in [-0.39, 0.29) is 13.2 Å². The van der Waals surface area contributed by atoms with Gasteiger partial charge in [0.15, 0.2) is 5.37 Å². The first-order valence-corrected chi connectivity index (χ1v) is 13.7. The number of anilines is 1. The number of carbonyl (C=O) groups excluding carboxylic acids is 1. The molecule has 2 rings (SSSR count). The number of hydrogen-bond acceptors (Lipinski definition) is 6. The monoisotopic (exact) mass is 508 g/mol. The van der Waals surface area contributed by atoms with Gasteiger partial charge in [-0.1, -0.05) is 18.2 Å². The Labute approximate surface area is 194 Å². The molecule has 6 nitrogen and oxygen atoms in total. The molecule has 0 aliphatic rings. The highest BCUT2D eigenvalue weighted by Gasteiger charge is 2.48. The van der Waals surface area contributed by atoms with Gasteiger partial charge in [0.05, 0.1) is 13.2 Å². The molecule has 0 saturated heterocycles. The fourth-order valence-corrected chi connectivity index (χ4v) is 7.75. The van der Waals surface area contributed by atoms with Crippen molar-refractivity contribution in [3.63, 3.8) is 0 Å². The van der Waals surface area contributed by atoms with Crippen molar-refractivity contribution >= 4 is 40.6 Å². The highest BCUT2D eigenvalue weighted by Crippen LogP contribution is 2.64. The minimum absolute atomic E-state index is 0.0994. The average Bonchev–Trinajstić information content (AvgIpc) is 2.73. The summed E-state index contributed by atoms with van der Waals surface area (Å²) in [7, 11) is 1.05. The quantitative estimate of drug-likeness (QED) is 0.279. The molecule has 1 atom stereocenters. The number of alkyl halides is 3. The van der Waals surface area contributed by atoms with Crippen molar-refractivity contribution in [3.8, 4) is 11.5 Å². The molecule has 0 radical (unpaired) electrons. The molecule has 0 heterocycles.